The molecule has 2 saturated carbocycles. The molecule has 1 nitrogen and oxygen atoms in total. The summed E-state index contributed by atoms with van der Waals surface area (Å²) in [6.45, 7) is 4.18. The van der Waals surface area contributed by atoms with Crippen LogP contribution in [0.25, 0.3) is 11.1 Å². The van der Waals surface area contributed by atoms with Crippen LogP contribution in [0.4, 0.5) is 8.78 Å². The minimum absolute atomic E-state index is 0.0380. The van der Waals surface area contributed by atoms with Crippen LogP contribution in [0.2, 0.25) is 0 Å². The Labute approximate surface area is 229 Å². The number of halogens is 2. The van der Waals surface area contributed by atoms with E-state index in [1.54, 1.807) is 13.0 Å². The summed E-state index contributed by atoms with van der Waals surface area (Å²) in [5.41, 5.74) is 2.17. The number of hydrogen-bond acceptors (Lipinski definition) is 1. The zero-order valence-electron chi connectivity index (χ0n) is 23.4. The van der Waals surface area contributed by atoms with E-state index in [-0.39, 0.29) is 11.3 Å². The molecule has 2 aliphatic carbocycles. The summed E-state index contributed by atoms with van der Waals surface area (Å²) in [5.74, 6) is 1.84. The lowest BCUT2D eigenvalue weighted by atomic mass is 9.68. The number of hydrogen-bond donors (Lipinski definition) is 0. The quantitative estimate of drug-likeness (QED) is 0.268. The predicted molar refractivity (Wildman–Crippen MR) is 155 cm³/mol. The highest BCUT2D eigenvalue weighted by atomic mass is 19.2. The van der Waals surface area contributed by atoms with Crippen molar-refractivity contribution in [1.29, 1.82) is 0 Å². The Morgan fingerprint density at radius 3 is 2.13 bits per heavy atom. The van der Waals surface area contributed by atoms with Crippen LogP contribution in [0.15, 0.2) is 60.7 Å². The van der Waals surface area contributed by atoms with E-state index in [9.17, 15) is 8.78 Å². The second-order valence-electron chi connectivity index (χ2n) is 11.4. The van der Waals surface area contributed by atoms with Crippen LogP contribution in [0, 0.1) is 35.3 Å². The number of allylic oxidation sites excluding steroid dienone is 4. The van der Waals surface area contributed by atoms with Gasteiger partial charge >= 0.3 is 0 Å². The second kappa shape index (κ2) is 14.7. The topological polar surface area (TPSA) is 9.23 Å². The first-order valence-electron chi connectivity index (χ1n) is 15.1. The largest absolute Gasteiger partial charge is 0.491 e. The van der Waals surface area contributed by atoms with Crippen LogP contribution in [-0.4, -0.2) is 6.61 Å². The summed E-state index contributed by atoms with van der Waals surface area (Å²) >= 11 is 0. The van der Waals surface area contributed by atoms with Crippen LogP contribution >= 0.6 is 0 Å². The van der Waals surface area contributed by atoms with Crippen molar-refractivity contribution >= 4 is 0 Å². The first-order chi connectivity index (χ1) is 18.6. The van der Waals surface area contributed by atoms with E-state index in [1.807, 2.05) is 24.3 Å². The average molecular weight is 521 g/mol. The molecule has 0 unspecified atom stereocenters. The van der Waals surface area contributed by atoms with Gasteiger partial charge in [0.1, 0.15) is 0 Å². The van der Waals surface area contributed by atoms with Gasteiger partial charge in [-0.15, -0.1) is 0 Å². The molecule has 0 atom stereocenters. The van der Waals surface area contributed by atoms with Gasteiger partial charge in [-0.2, -0.15) is 4.39 Å². The lowest BCUT2D eigenvalue weighted by molar-refractivity contribution is 0.153. The first-order valence-corrected chi connectivity index (χ1v) is 15.1. The summed E-state index contributed by atoms with van der Waals surface area (Å²) in [4.78, 5) is 0. The molecule has 0 aromatic heterocycles. The van der Waals surface area contributed by atoms with Gasteiger partial charge in [0.25, 0.3) is 0 Å². The number of rotatable bonds is 11. The maximum atomic E-state index is 14.5. The van der Waals surface area contributed by atoms with Crippen molar-refractivity contribution in [3.05, 3.63) is 77.9 Å². The highest BCUT2D eigenvalue weighted by Gasteiger charge is 2.30. The van der Waals surface area contributed by atoms with E-state index in [0.717, 1.165) is 36.5 Å². The van der Waals surface area contributed by atoms with Crippen molar-refractivity contribution in [2.75, 3.05) is 6.61 Å². The third kappa shape index (κ3) is 7.80. The molecule has 0 spiro atoms. The molecule has 38 heavy (non-hydrogen) atoms. The van der Waals surface area contributed by atoms with Gasteiger partial charge in [0.05, 0.1) is 6.61 Å². The summed E-state index contributed by atoms with van der Waals surface area (Å²) in [5, 5.41) is 0. The van der Waals surface area contributed by atoms with E-state index in [4.69, 9.17) is 4.74 Å². The molecular weight excluding hydrogens is 474 g/mol. The van der Waals surface area contributed by atoms with Crippen molar-refractivity contribution in [3.63, 3.8) is 0 Å². The van der Waals surface area contributed by atoms with Crippen molar-refractivity contribution in [2.24, 2.45) is 23.7 Å². The Bertz CT molecular complexity index is 1040. The monoisotopic (exact) mass is 520 g/mol. The van der Waals surface area contributed by atoms with Crippen molar-refractivity contribution < 1.29 is 13.5 Å². The molecule has 3 heteroatoms. The molecular formula is C35H46F2O. The van der Waals surface area contributed by atoms with Crippen molar-refractivity contribution in [3.8, 4) is 16.9 Å². The Morgan fingerprint density at radius 2 is 1.47 bits per heavy atom. The molecule has 0 bridgehead atoms. The second-order valence-corrected chi connectivity index (χ2v) is 11.4. The SMILES string of the molecule is C/C=C/CCC1CCC(C2CCC(/C=C/CCc3ccc(-c4ccc(OCC)c(F)c4F)cc3)CC2)CC1. The van der Waals surface area contributed by atoms with Crippen molar-refractivity contribution in [2.45, 2.75) is 90.9 Å². The smallest absolute Gasteiger partial charge is 0.201 e. The van der Waals surface area contributed by atoms with Gasteiger partial charge < -0.3 is 4.74 Å². The van der Waals surface area contributed by atoms with Gasteiger partial charge in [0.15, 0.2) is 11.6 Å². The summed E-state index contributed by atoms with van der Waals surface area (Å²) < 4.78 is 33.9. The zero-order valence-corrected chi connectivity index (χ0v) is 23.4. The Morgan fingerprint density at radius 1 is 0.789 bits per heavy atom. The third-order valence-electron chi connectivity index (χ3n) is 8.97. The number of aryl methyl sites for hydroxylation is 1. The van der Waals surface area contributed by atoms with Gasteiger partial charge in [-0.1, -0.05) is 61.4 Å². The molecule has 2 aliphatic rings. The fourth-order valence-electron chi connectivity index (χ4n) is 6.67. The molecule has 0 radical (unpaired) electrons. The predicted octanol–water partition coefficient (Wildman–Crippen LogP) is 10.5. The molecule has 206 valence electrons. The highest BCUT2D eigenvalue weighted by molar-refractivity contribution is 5.65. The number of benzene rings is 2. The van der Waals surface area contributed by atoms with Crippen molar-refractivity contribution in [1.82, 2.24) is 0 Å². The molecule has 0 amide bonds. The maximum Gasteiger partial charge on any atom is 0.201 e. The summed E-state index contributed by atoms with van der Waals surface area (Å²) in [6, 6.07) is 10.9. The van der Waals surface area contributed by atoms with E-state index < -0.39 is 11.6 Å². The minimum Gasteiger partial charge on any atom is -0.491 e. The van der Waals surface area contributed by atoms with Gasteiger partial charge in [-0.3, -0.25) is 0 Å². The maximum absolute atomic E-state index is 14.5. The lowest BCUT2D eigenvalue weighted by Gasteiger charge is -2.37. The standard InChI is InChI=1S/C35H46F2O/c1-3-5-6-9-26-12-18-29(19-13-26)30-20-14-27(15-21-30)10-7-8-11-28-16-22-31(23-17-28)32-24-25-33(38-4-2)35(37)34(32)36/h3,5,7,10,16-17,22-27,29-30H,4,6,8-9,11-15,18-21H2,1-2H3/b5-3+,10-7+. The number of ether oxygens (including phenoxy) is 1. The summed E-state index contributed by atoms with van der Waals surface area (Å²) in [6.07, 6.45) is 25.3. The molecule has 4 rings (SSSR count). The van der Waals surface area contributed by atoms with E-state index >= 15 is 0 Å². The van der Waals surface area contributed by atoms with Gasteiger partial charge in [-0.05, 0) is 125 Å². The Kier molecular flexibility index (Phi) is 11.0. The average Bonchev–Trinajstić information content (AvgIpc) is 2.95. The molecule has 2 fully saturated rings. The minimum atomic E-state index is -0.921. The van der Waals surface area contributed by atoms with Crippen LogP contribution < -0.4 is 4.74 Å². The van der Waals surface area contributed by atoms with E-state index in [1.165, 1.54) is 75.8 Å². The Balaban J connectivity index is 1.17. The van der Waals surface area contributed by atoms with Gasteiger partial charge in [0, 0.05) is 5.56 Å². The van der Waals surface area contributed by atoms with Crippen LogP contribution in [0.1, 0.15) is 90.0 Å². The summed E-state index contributed by atoms with van der Waals surface area (Å²) in [7, 11) is 0. The van der Waals surface area contributed by atoms with Crippen LogP contribution in [-0.2, 0) is 6.42 Å². The first kappa shape index (κ1) is 28.6. The van der Waals surface area contributed by atoms with Crippen LogP contribution in [0.5, 0.6) is 5.75 Å². The van der Waals surface area contributed by atoms with E-state index in [0.29, 0.717) is 12.2 Å². The lowest BCUT2D eigenvalue weighted by Crippen LogP contribution is -2.25. The fourth-order valence-corrected chi connectivity index (χ4v) is 6.67. The molecule has 0 aliphatic heterocycles. The molecule has 2 aromatic carbocycles. The molecule has 2 aromatic rings. The molecule has 0 N–H and O–H groups in total. The van der Waals surface area contributed by atoms with Crippen LogP contribution in [0.3, 0.4) is 0 Å². The highest BCUT2D eigenvalue weighted by Crippen LogP contribution is 2.42. The Hall–Kier alpha value is -2.42. The third-order valence-corrected chi connectivity index (χ3v) is 8.97. The molecule has 0 heterocycles. The van der Waals surface area contributed by atoms with Gasteiger partial charge in [-0.25, -0.2) is 4.39 Å². The normalized spacial score (nSPS) is 24.3. The van der Waals surface area contributed by atoms with Gasteiger partial charge in [0.2, 0.25) is 5.82 Å². The molecule has 0 saturated heterocycles. The van der Waals surface area contributed by atoms with E-state index in [2.05, 4.69) is 31.2 Å². The fraction of sp³-hybridized carbons (Fsp3) is 0.543. The zero-order chi connectivity index (χ0) is 26.7.